The molecule has 25 unspecified atom stereocenters. The standard InChI is InChI=1S/C4H8O3S.C4H6O3.C3H7NO4S.C3H7NO3S.C3H6O2.C3H6O.C2H3NO3S.CH3ClO2S.CH5NO2S.CNO.CH4O.CH4.Ag.H15IP14.H14IP13.H12P10.S9.S8.S2/c1-4(5)3-8(2,6)7;1-3(5)7-4(2)6;1-8-3(5)4-9(2,6)7;1-3(5)4-8(2,6)7;1-3(4)5-2;1-3(2)4;1-7(5,6)3-2-4;2*1-5(2,3)4;2-1-3;1-2;;;1-10(14(9-2)11(3)4)15(12(5)6)13(7)8;1-9(13(8)10(2)3)14(11(4)5)12(6)7;1-7(2)10(8(3)4)9(5)6;1-3-5-7-9-8-6-4-2;1-3-5-7-8-6-4-2;1-2/h3H2,1-2H3;1-2H3;1-2H3,(H,4,5);1-2H3,(H,4,5);1-2H3;1-2H3;1H3;1H3;1H3,(H2,2,3,4);;2H,1H3;1H4;;9H,2-8H2;2-8H2;1-6H2;;;/q;;;;;;;;;-1;;;+1;;;;;;. The number of hydrogen-bond donors (Lipinski definition) is 4. The number of ether oxygens (including phenoxy) is 3. The van der Waals surface area contributed by atoms with Crippen molar-refractivity contribution in [1.82, 2.24) is 9.44 Å². The topological polar surface area (TPSA) is 491 Å². The predicted molar refractivity (Wildman–Crippen MR) is 714 cm³/mol. The summed E-state index contributed by atoms with van der Waals surface area (Å²) in [6.07, 6.45) is 5.93. The van der Waals surface area contributed by atoms with Gasteiger partial charge in [0.1, 0.15) is 17.3 Å². The van der Waals surface area contributed by atoms with Gasteiger partial charge in [0, 0.05) is 258 Å². The van der Waals surface area contributed by atoms with Crippen LogP contribution in [0.3, 0.4) is 0 Å². The predicted octanol–water partition coefficient (Wildman–Crippen LogP) is 20.0. The van der Waals surface area contributed by atoms with Crippen LogP contribution in [0.15, 0.2) is 4.40 Å². The number of methoxy groups -OCH3 is 2. The molecule has 0 bridgehead atoms. The van der Waals surface area contributed by atoms with Crippen molar-refractivity contribution in [2.75, 3.05) is 64.6 Å². The minimum absolute atomic E-state index is 0. The molecule has 123 heavy (non-hydrogen) atoms. The van der Waals surface area contributed by atoms with Crippen molar-refractivity contribution >= 4 is 644 Å². The molecular formula is C27H100AgClI2N5O25P37S25. The summed E-state index contributed by atoms with van der Waals surface area (Å²) in [6, 6.07) is 0. The number of nitrogens with zero attached hydrogens (tertiary/aromatic N) is 2. The second-order valence-electron chi connectivity index (χ2n) is 16.1. The average molecular weight is 3240 g/mol. The number of nitrogens with one attached hydrogen (secondary N) is 2. The molecule has 0 spiro atoms. The zero-order valence-electron chi connectivity index (χ0n) is 64.8. The van der Waals surface area contributed by atoms with Crippen molar-refractivity contribution in [3.8, 4) is 0 Å². The minimum Gasteiger partial charge on any atom is -0.724 e. The van der Waals surface area contributed by atoms with Crippen molar-refractivity contribution < 1.29 is 135 Å². The van der Waals surface area contributed by atoms with Gasteiger partial charge in [0.05, 0.1) is 45.5 Å². The van der Waals surface area contributed by atoms with E-state index in [0.29, 0.717) is 6.08 Å². The number of nitrogens with two attached hydrogens (primary N) is 1. The summed E-state index contributed by atoms with van der Waals surface area (Å²) in [5, 5.41) is 18.1. The number of rotatable bonds is 19. The molecule has 0 aromatic rings. The molecule has 0 aliphatic rings. The molecule has 0 aromatic heterocycles. The molecule has 0 rings (SSSR count). The largest absolute Gasteiger partial charge is 1.00 e. The molecule has 0 saturated heterocycles. The second-order valence-corrected chi connectivity index (χ2v) is 203. The number of hydrogen-bond acceptors (Lipinski definition) is 31. The van der Waals surface area contributed by atoms with E-state index < -0.39 is 82.9 Å². The zero-order valence-corrected chi connectivity index (χ0v) is 130. The molecule has 5 N–H and O–H groups in total. The molecule has 0 heterocycles. The molecule has 750 valence electrons. The van der Waals surface area contributed by atoms with Gasteiger partial charge in [-0.1, -0.05) is 19.8 Å². The number of Topliss-reactive ketones (excluding diaryl/α,β-unsaturated/α-hetero) is 2. The SMILES string of the molecule is C.CC(=O)CS(C)(=O)=O.CC(=O)NS(C)(=O)=O.CC(=O)OC(C)=O.CC(C)=O.CO.COC(=O)NS(C)(=O)=O.COC(C)=O.CS(=O)(=O)Cl.CS(=O)(=O)N=C=O.CS(N)(=O)=O.PP(P)P(P(P)P)P(P)P.PP(P)P(P)P(I)P(P(P)P)P(P)P.PPP(P(P)P)P(I)P(P(P)P)P(P)P.S=S.S=S=S=S=S=S=S=S.S=S=S=S=S=S=S=S=S.[Ag+].[N-]=C=O. The van der Waals surface area contributed by atoms with E-state index in [1.165, 1.54) is 84.2 Å². The fourth-order valence-electron chi connectivity index (χ4n) is 2.58. The van der Waals surface area contributed by atoms with Gasteiger partial charge in [0.25, 0.3) is 16.1 Å². The number of isocyanates is 2. The number of carbonyl (C=O) groups excluding carboxylic acids is 9. The molecule has 0 saturated carbocycles. The Labute approximate surface area is 909 Å². The number of halogens is 3. The van der Waals surface area contributed by atoms with Gasteiger partial charge in [-0.3, -0.25) is 33.5 Å². The van der Waals surface area contributed by atoms with Gasteiger partial charge >= 0.3 is 46.4 Å². The van der Waals surface area contributed by atoms with Gasteiger partial charge < -0.3 is 29.5 Å². The van der Waals surface area contributed by atoms with E-state index in [9.17, 15) is 84.1 Å². The number of sulfone groups is 1. The molecule has 2 amide bonds. The van der Waals surface area contributed by atoms with Crippen LogP contribution in [0.5, 0.6) is 0 Å². The number of ketones is 2. The van der Waals surface area contributed by atoms with E-state index >= 15 is 0 Å². The summed E-state index contributed by atoms with van der Waals surface area (Å²) >= 11 is 31.4. The fourth-order valence-corrected chi connectivity index (χ4v) is 440. The summed E-state index contributed by atoms with van der Waals surface area (Å²) in [6.45, 7) is 11.3. The van der Waals surface area contributed by atoms with Gasteiger partial charge in [-0.15, -0.1) is 179 Å². The Morgan fingerprint density at radius 2 is 0.724 bits per heavy atom. The van der Waals surface area contributed by atoms with Crippen molar-refractivity contribution in [1.29, 1.82) is 0 Å². The molecule has 0 aliphatic carbocycles. The van der Waals surface area contributed by atoms with E-state index in [1.54, 1.807) is 89.4 Å². The maximum absolute atomic E-state index is 10.2. The molecule has 0 fully saturated rings. The third-order valence-electron chi connectivity index (χ3n) is 4.97. The quantitative estimate of drug-likeness (QED) is 0.0107. The summed E-state index contributed by atoms with van der Waals surface area (Å²) in [7, 11) is 69.7. The van der Waals surface area contributed by atoms with E-state index in [2.05, 4.69) is 324 Å². The van der Waals surface area contributed by atoms with E-state index in [0.717, 1.165) is 72.7 Å². The normalized spacial score (nSPS) is 10.8. The van der Waals surface area contributed by atoms with Crippen LogP contribution in [0.4, 0.5) is 4.79 Å². The zero-order chi connectivity index (χ0) is 102. The Hall–Kier alpha value is 17.7. The van der Waals surface area contributed by atoms with Gasteiger partial charge in [-0.25, -0.2) is 70.0 Å². The molecule has 30 nitrogen and oxygen atoms in total. The Bertz CT molecular complexity index is 4100. The molecule has 96 heteroatoms. The first-order valence-corrected chi connectivity index (χ1v) is 130. The second kappa shape index (κ2) is 127. The monoisotopic (exact) mass is 3240 g/mol. The Morgan fingerprint density at radius 1 is 0.496 bits per heavy atom. The third-order valence-corrected chi connectivity index (χ3v) is 271. The number of amides is 2. The van der Waals surface area contributed by atoms with Crippen LogP contribution in [0.1, 0.15) is 55.9 Å². The summed E-state index contributed by atoms with van der Waals surface area (Å²) in [5.41, 5.74) is 0. The Kier molecular flexibility index (Phi) is 191. The van der Waals surface area contributed by atoms with Crippen LogP contribution in [-0.2, 0) is 317 Å². The first-order chi connectivity index (χ1) is 54.3. The van der Waals surface area contributed by atoms with E-state index in [1.807, 2.05) is 0 Å². The van der Waals surface area contributed by atoms with Gasteiger partial charge in [-0.05, 0) is 155 Å². The minimum atomic E-state index is -3.47. The summed E-state index contributed by atoms with van der Waals surface area (Å²) < 4.78 is 136. The first kappa shape index (κ1) is 185. The Morgan fingerprint density at radius 3 is 0.805 bits per heavy atom. The van der Waals surface area contributed by atoms with Gasteiger partial charge in [0.15, 0.2) is 9.84 Å². The average Bonchev–Trinajstić information content (AvgIpc) is 0.863. The van der Waals surface area contributed by atoms with Crippen LogP contribution in [-0.4, -0.2) is 174 Å². The number of aliphatic hydroxyl groups is 1. The van der Waals surface area contributed by atoms with Crippen molar-refractivity contribution in [3.05, 3.63) is 5.41 Å². The number of sulfonamides is 4. The summed E-state index contributed by atoms with van der Waals surface area (Å²) in [5.74, 6) is -2.42. The van der Waals surface area contributed by atoms with Gasteiger partial charge in [-0.2, -0.15) is 0 Å². The fraction of sp³-hybridized carbons (Fsp3) is 0.667. The Balaban J connectivity index is -0.0000000560. The molecule has 0 aliphatic heterocycles. The first-order valence-electron chi connectivity index (χ1n) is 25.5. The van der Waals surface area contributed by atoms with Gasteiger partial charge in [0.2, 0.25) is 45.0 Å². The maximum Gasteiger partial charge on any atom is 1.00 e. The van der Waals surface area contributed by atoms with Crippen LogP contribution < -0.4 is 14.6 Å². The van der Waals surface area contributed by atoms with Crippen LogP contribution in [0.2, 0.25) is 0 Å². The van der Waals surface area contributed by atoms with E-state index in [-0.39, 0.29) is 161 Å². The number of primary sulfonamides is 1. The van der Waals surface area contributed by atoms with Crippen molar-refractivity contribution in [3.63, 3.8) is 0 Å². The summed E-state index contributed by atoms with van der Waals surface area (Å²) in [4.78, 5) is 86.6. The number of aliphatic hydroxyl groups excluding tert-OH is 1. The van der Waals surface area contributed by atoms with Crippen molar-refractivity contribution in [2.45, 2.75) is 55.9 Å². The molecule has 0 radical (unpaired) electrons. The smallest absolute Gasteiger partial charge is 0.724 e. The molecule has 0 aromatic carbocycles. The van der Waals surface area contributed by atoms with Crippen molar-refractivity contribution in [2.24, 2.45) is 9.54 Å². The third kappa shape index (κ3) is 220. The number of esters is 3. The van der Waals surface area contributed by atoms with Crippen LogP contribution in [0, 0.1) is 0 Å². The van der Waals surface area contributed by atoms with Crippen LogP contribution in [0.25, 0.3) is 5.41 Å². The maximum atomic E-state index is 10.2. The van der Waals surface area contributed by atoms with Crippen LogP contribution >= 0.6 is 349 Å². The molecular weight excluding hydrogens is 3140 g/mol. The number of carbonyl (C=O) groups is 7. The molecule has 25 atom stereocenters. The van der Waals surface area contributed by atoms with E-state index in [4.69, 9.17) is 20.1 Å².